The van der Waals surface area contributed by atoms with Gasteiger partial charge in [0.1, 0.15) is 0 Å². The van der Waals surface area contributed by atoms with Crippen molar-refractivity contribution in [3.63, 3.8) is 0 Å². The van der Waals surface area contributed by atoms with Crippen LogP contribution in [0, 0.1) is 0 Å². The quantitative estimate of drug-likeness (QED) is 0.423. The Morgan fingerprint density at radius 1 is 2.00 bits per heavy atom. The van der Waals surface area contributed by atoms with Crippen molar-refractivity contribution in [2.45, 2.75) is 6.10 Å². The molecule has 0 aliphatic heterocycles. The van der Waals surface area contributed by atoms with Crippen molar-refractivity contribution >= 4 is 17.6 Å². The highest BCUT2D eigenvalue weighted by Gasteiger charge is 2.11. The highest BCUT2D eigenvalue weighted by molar-refractivity contribution is 6.19. The van der Waals surface area contributed by atoms with Crippen molar-refractivity contribution in [2.24, 2.45) is 0 Å². The number of rotatable bonds is 2. The Balaban J connectivity index is 3.46. The molecule has 0 saturated carbocycles. The monoisotopic (exact) mass is 138 g/mol. The van der Waals surface area contributed by atoms with E-state index in [0.717, 1.165) is 0 Å². The molecule has 0 rings (SSSR count). The van der Waals surface area contributed by atoms with E-state index in [4.69, 9.17) is 16.7 Å². The fourth-order valence-electron chi connectivity index (χ4n) is 0.199. The Hall–Kier alpha value is -0.280. The van der Waals surface area contributed by atoms with Crippen LogP contribution in [-0.4, -0.2) is 30.2 Å². The van der Waals surface area contributed by atoms with Gasteiger partial charge < -0.3 is 9.84 Å². The number of esters is 1. The molecule has 48 valence electrons. The predicted octanol–water partition coefficient (Wildman–Crippen LogP) is -0.241. The molecular formula is C4H7ClO3. The molecule has 0 aromatic rings. The van der Waals surface area contributed by atoms with E-state index in [-0.39, 0.29) is 5.88 Å². The van der Waals surface area contributed by atoms with Gasteiger partial charge >= 0.3 is 5.97 Å². The van der Waals surface area contributed by atoms with Crippen LogP contribution >= 0.6 is 11.6 Å². The molecule has 0 amide bonds. The maximum absolute atomic E-state index is 10.2. The minimum atomic E-state index is -1.18. The third-order valence-electron chi connectivity index (χ3n) is 0.619. The molecule has 8 heavy (non-hydrogen) atoms. The van der Waals surface area contributed by atoms with Crippen LogP contribution in [0.2, 0.25) is 0 Å². The molecule has 3 nitrogen and oxygen atoms in total. The number of aliphatic hydroxyl groups is 1. The van der Waals surface area contributed by atoms with Gasteiger partial charge in [-0.25, -0.2) is 4.79 Å². The zero-order valence-corrected chi connectivity index (χ0v) is 5.18. The number of carbonyl (C=O) groups is 1. The summed E-state index contributed by atoms with van der Waals surface area (Å²) >= 11 is 5.07. The van der Waals surface area contributed by atoms with Crippen LogP contribution in [0.5, 0.6) is 0 Å². The molecule has 4 heteroatoms. The lowest BCUT2D eigenvalue weighted by Crippen LogP contribution is -2.22. The standard InChI is InChI=1S/C4H7ClO3/c1-8-4(7)3(6)2-5/h3,6H,2H2,1H3/t3-/m0/s1. The molecule has 1 atom stereocenters. The molecule has 0 aromatic carbocycles. The van der Waals surface area contributed by atoms with Gasteiger partial charge in [0.15, 0.2) is 6.10 Å². The zero-order valence-electron chi connectivity index (χ0n) is 4.43. The Morgan fingerprint density at radius 3 is 2.62 bits per heavy atom. The van der Waals surface area contributed by atoms with Crippen molar-refractivity contribution < 1.29 is 14.6 Å². The lowest BCUT2D eigenvalue weighted by molar-refractivity contribution is -0.149. The van der Waals surface area contributed by atoms with Crippen molar-refractivity contribution in [1.82, 2.24) is 0 Å². The van der Waals surface area contributed by atoms with Gasteiger partial charge in [-0.1, -0.05) is 0 Å². The lowest BCUT2D eigenvalue weighted by Gasteiger charge is -2.00. The molecule has 0 spiro atoms. The summed E-state index contributed by atoms with van der Waals surface area (Å²) in [6, 6.07) is 0. The number of hydrogen-bond donors (Lipinski definition) is 1. The first-order valence-electron chi connectivity index (χ1n) is 2.04. The Kier molecular flexibility index (Phi) is 3.56. The van der Waals surface area contributed by atoms with Crippen LogP contribution in [0.4, 0.5) is 0 Å². The summed E-state index contributed by atoms with van der Waals surface area (Å²) in [5, 5.41) is 8.52. The number of ether oxygens (including phenoxy) is 1. The third-order valence-corrected chi connectivity index (χ3v) is 0.912. The molecule has 0 heterocycles. The number of halogens is 1. The van der Waals surface area contributed by atoms with Crippen molar-refractivity contribution in [3.05, 3.63) is 0 Å². The first-order chi connectivity index (χ1) is 3.72. The van der Waals surface area contributed by atoms with E-state index in [1.807, 2.05) is 0 Å². The van der Waals surface area contributed by atoms with Crippen LogP contribution in [-0.2, 0) is 9.53 Å². The second-order valence-corrected chi connectivity index (χ2v) is 1.50. The molecule has 0 aliphatic carbocycles. The van der Waals surface area contributed by atoms with Crippen LogP contribution in [0.3, 0.4) is 0 Å². The summed E-state index contributed by atoms with van der Waals surface area (Å²) in [5.41, 5.74) is 0. The van der Waals surface area contributed by atoms with Gasteiger partial charge in [0.2, 0.25) is 0 Å². The van der Waals surface area contributed by atoms with E-state index < -0.39 is 12.1 Å². The minimum absolute atomic E-state index is 0.118. The minimum Gasteiger partial charge on any atom is -0.467 e. The van der Waals surface area contributed by atoms with Gasteiger partial charge in [-0.15, -0.1) is 11.6 Å². The summed E-state index contributed by atoms with van der Waals surface area (Å²) in [6.45, 7) is 0. The molecule has 0 fully saturated rings. The van der Waals surface area contributed by atoms with E-state index in [0.29, 0.717) is 0 Å². The number of hydrogen-bond acceptors (Lipinski definition) is 3. The van der Waals surface area contributed by atoms with E-state index >= 15 is 0 Å². The van der Waals surface area contributed by atoms with Crippen LogP contribution in [0.15, 0.2) is 0 Å². The smallest absolute Gasteiger partial charge is 0.335 e. The van der Waals surface area contributed by atoms with Gasteiger partial charge in [0.05, 0.1) is 13.0 Å². The molecule has 0 bridgehead atoms. The summed E-state index contributed by atoms with van der Waals surface area (Å²) < 4.78 is 4.13. The van der Waals surface area contributed by atoms with Crippen molar-refractivity contribution in [1.29, 1.82) is 0 Å². The van der Waals surface area contributed by atoms with Crippen molar-refractivity contribution in [2.75, 3.05) is 13.0 Å². The fourth-order valence-corrected chi connectivity index (χ4v) is 0.325. The number of aliphatic hydroxyl groups excluding tert-OH is 1. The lowest BCUT2D eigenvalue weighted by atomic mass is 10.4. The normalized spacial score (nSPS) is 12.9. The zero-order chi connectivity index (χ0) is 6.57. The average molecular weight is 139 g/mol. The van der Waals surface area contributed by atoms with Crippen molar-refractivity contribution in [3.8, 4) is 0 Å². The van der Waals surface area contributed by atoms with Gasteiger partial charge in [0.25, 0.3) is 0 Å². The highest BCUT2D eigenvalue weighted by atomic mass is 35.5. The van der Waals surface area contributed by atoms with Crippen LogP contribution < -0.4 is 0 Å². The van der Waals surface area contributed by atoms with E-state index in [9.17, 15) is 4.79 Å². The third kappa shape index (κ3) is 2.14. The highest BCUT2D eigenvalue weighted by Crippen LogP contribution is 1.88. The topological polar surface area (TPSA) is 46.5 Å². The Bertz CT molecular complexity index is 83.4. The largest absolute Gasteiger partial charge is 0.467 e. The first kappa shape index (κ1) is 7.72. The molecule has 0 saturated heterocycles. The SMILES string of the molecule is COC(=O)[C@@H](O)CCl. The number of carbonyl (C=O) groups excluding carboxylic acids is 1. The van der Waals surface area contributed by atoms with Gasteiger partial charge in [0, 0.05) is 0 Å². The Labute approximate surface area is 52.2 Å². The van der Waals surface area contributed by atoms with Crippen LogP contribution in [0.25, 0.3) is 0 Å². The molecule has 0 aliphatic rings. The molecule has 1 N–H and O–H groups in total. The van der Waals surface area contributed by atoms with E-state index in [2.05, 4.69) is 4.74 Å². The summed E-state index contributed by atoms with van der Waals surface area (Å²) in [6.07, 6.45) is -1.18. The van der Waals surface area contributed by atoms with Crippen LogP contribution in [0.1, 0.15) is 0 Å². The van der Waals surface area contributed by atoms with E-state index in [1.54, 1.807) is 0 Å². The summed E-state index contributed by atoms with van der Waals surface area (Å²) in [4.78, 5) is 10.2. The molecule has 0 radical (unpaired) electrons. The Morgan fingerprint density at radius 2 is 2.50 bits per heavy atom. The summed E-state index contributed by atoms with van der Waals surface area (Å²) in [7, 11) is 1.19. The number of alkyl halides is 1. The second-order valence-electron chi connectivity index (χ2n) is 1.19. The van der Waals surface area contributed by atoms with Gasteiger partial charge in [-0.05, 0) is 0 Å². The first-order valence-corrected chi connectivity index (χ1v) is 2.57. The summed E-state index contributed by atoms with van der Waals surface area (Å²) in [5.74, 6) is -0.813. The second kappa shape index (κ2) is 3.69. The maximum Gasteiger partial charge on any atom is 0.335 e. The predicted molar refractivity (Wildman–Crippen MR) is 28.7 cm³/mol. The van der Waals surface area contributed by atoms with E-state index in [1.165, 1.54) is 7.11 Å². The maximum atomic E-state index is 10.2. The van der Waals surface area contributed by atoms with Gasteiger partial charge in [-0.3, -0.25) is 0 Å². The average Bonchev–Trinajstić information content (AvgIpc) is 1.84. The van der Waals surface area contributed by atoms with Gasteiger partial charge in [-0.2, -0.15) is 0 Å². The molecule has 0 unspecified atom stereocenters. The molecular weight excluding hydrogens is 131 g/mol. The number of methoxy groups -OCH3 is 1. The fraction of sp³-hybridized carbons (Fsp3) is 0.750. The molecule has 0 aromatic heterocycles.